The van der Waals surface area contributed by atoms with Gasteiger partial charge in [-0.2, -0.15) is 10.5 Å². The van der Waals surface area contributed by atoms with Crippen molar-refractivity contribution in [2.24, 2.45) is 0 Å². The highest BCUT2D eigenvalue weighted by molar-refractivity contribution is 6.32. The number of methoxy groups -OCH3 is 2. The highest BCUT2D eigenvalue weighted by atomic mass is 35.5. The van der Waals surface area contributed by atoms with Crippen molar-refractivity contribution in [2.45, 2.75) is 0 Å². The Bertz CT molecular complexity index is 973. The molecule has 2 aromatic carbocycles. The maximum atomic E-state index is 12.4. The van der Waals surface area contributed by atoms with Crippen molar-refractivity contribution < 1.29 is 19.0 Å². The minimum absolute atomic E-state index is 0.125. The lowest BCUT2D eigenvalue weighted by molar-refractivity contribution is -0.112. The first-order valence-electron chi connectivity index (χ1n) is 7.96. The molecule has 1 amide bonds. The fourth-order valence-corrected chi connectivity index (χ4v) is 2.53. The van der Waals surface area contributed by atoms with Crippen molar-refractivity contribution in [2.75, 3.05) is 26.1 Å². The summed E-state index contributed by atoms with van der Waals surface area (Å²) < 4.78 is 15.5. The zero-order valence-electron chi connectivity index (χ0n) is 15.2. The van der Waals surface area contributed by atoms with Gasteiger partial charge in [0.25, 0.3) is 5.91 Å². The van der Waals surface area contributed by atoms with Gasteiger partial charge in [0, 0.05) is 5.69 Å². The molecule has 0 saturated carbocycles. The molecule has 7 nitrogen and oxygen atoms in total. The maximum Gasteiger partial charge on any atom is 0.266 e. The molecule has 0 radical (unpaired) electrons. The van der Waals surface area contributed by atoms with Gasteiger partial charge in [0.2, 0.25) is 0 Å². The number of halogens is 1. The van der Waals surface area contributed by atoms with E-state index in [0.717, 1.165) is 0 Å². The molecule has 0 atom stereocenters. The second-order valence-electron chi connectivity index (χ2n) is 5.33. The minimum atomic E-state index is -0.576. The molecule has 2 rings (SSSR count). The van der Waals surface area contributed by atoms with Gasteiger partial charge in [-0.1, -0.05) is 11.6 Å². The zero-order valence-corrected chi connectivity index (χ0v) is 15.9. The first-order valence-corrected chi connectivity index (χ1v) is 8.34. The van der Waals surface area contributed by atoms with Gasteiger partial charge in [-0.3, -0.25) is 4.79 Å². The molecular weight excluding hydrogens is 382 g/mol. The van der Waals surface area contributed by atoms with Gasteiger partial charge >= 0.3 is 0 Å². The number of amides is 1. The summed E-state index contributed by atoms with van der Waals surface area (Å²) in [6.45, 7) is -0.195. The fraction of sp³-hybridized carbons (Fsp3) is 0.150. The maximum absolute atomic E-state index is 12.4. The van der Waals surface area contributed by atoms with Crippen LogP contribution in [-0.2, 0) is 4.79 Å². The van der Waals surface area contributed by atoms with Gasteiger partial charge in [0.1, 0.15) is 23.5 Å². The van der Waals surface area contributed by atoms with Gasteiger partial charge in [0.05, 0.1) is 19.2 Å². The predicted molar refractivity (Wildman–Crippen MR) is 104 cm³/mol. The highest BCUT2D eigenvalue weighted by Gasteiger charge is 2.14. The topological polar surface area (TPSA) is 104 Å². The summed E-state index contributed by atoms with van der Waals surface area (Å²) in [5, 5.41) is 20.8. The predicted octanol–water partition coefficient (Wildman–Crippen LogP) is 3.81. The number of nitrogens with one attached hydrogen (secondary N) is 1. The normalized spacial score (nSPS) is 10.4. The van der Waals surface area contributed by atoms with Crippen molar-refractivity contribution in [3.63, 3.8) is 0 Å². The van der Waals surface area contributed by atoms with E-state index in [1.165, 1.54) is 19.3 Å². The van der Waals surface area contributed by atoms with Gasteiger partial charge < -0.3 is 19.5 Å². The summed E-state index contributed by atoms with van der Waals surface area (Å²) in [7, 11) is 2.96. The Morgan fingerprint density at radius 1 is 1.18 bits per heavy atom. The molecule has 0 aliphatic rings. The van der Waals surface area contributed by atoms with E-state index in [1.54, 1.807) is 37.4 Å². The Balaban J connectivity index is 2.27. The quantitative estimate of drug-likeness (QED) is 0.562. The van der Waals surface area contributed by atoms with Gasteiger partial charge in [0.15, 0.2) is 18.1 Å². The molecule has 0 saturated heterocycles. The lowest BCUT2D eigenvalue weighted by Gasteiger charge is -2.11. The molecule has 28 heavy (non-hydrogen) atoms. The largest absolute Gasteiger partial charge is 0.497 e. The number of carbonyl (C=O) groups excluding carboxylic acids is 1. The molecule has 142 valence electrons. The number of carbonyl (C=O) groups is 1. The average molecular weight is 398 g/mol. The Morgan fingerprint density at radius 2 is 1.89 bits per heavy atom. The molecule has 0 fully saturated rings. The smallest absolute Gasteiger partial charge is 0.266 e. The van der Waals surface area contributed by atoms with Crippen LogP contribution in [-0.4, -0.2) is 26.7 Å². The van der Waals surface area contributed by atoms with E-state index >= 15 is 0 Å². The average Bonchev–Trinajstić information content (AvgIpc) is 2.71. The molecule has 2 aromatic rings. The SMILES string of the molecule is COc1ccc(NC(=O)/C(C#N)=C\c2cc(Cl)c(OCC#N)c(OC)c2)cc1. The number of anilines is 1. The molecule has 0 heterocycles. The number of nitriles is 2. The van der Waals surface area contributed by atoms with E-state index in [4.69, 9.17) is 31.1 Å². The third-order valence-corrected chi connectivity index (χ3v) is 3.84. The van der Waals surface area contributed by atoms with E-state index < -0.39 is 5.91 Å². The van der Waals surface area contributed by atoms with Crippen molar-refractivity contribution in [3.05, 3.63) is 52.6 Å². The zero-order chi connectivity index (χ0) is 20.5. The Morgan fingerprint density at radius 3 is 2.46 bits per heavy atom. The molecule has 0 aliphatic carbocycles. The number of nitrogens with zero attached hydrogens (tertiary/aromatic N) is 2. The van der Waals surface area contributed by atoms with Crippen molar-refractivity contribution in [3.8, 4) is 29.4 Å². The summed E-state index contributed by atoms with van der Waals surface area (Å²) in [5.74, 6) is 0.563. The number of hydrogen-bond donors (Lipinski definition) is 1. The first-order chi connectivity index (χ1) is 13.5. The van der Waals surface area contributed by atoms with Crippen LogP contribution in [0.4, 0.5) is 5.69 Å². The van der Waals surface area contributed by atoms with Crippen molar-refractivity contribution in [1.82, 2.24) is 0 Å². The Kier molecular flexibility index (Phi) is 7.27. The van der Waals surface area contributed by atoms with Crippen LogP contribution >= 0.6 is 11.6 Å². The minimum Gasteiger partial charge on any atom is -0.497 e. The third kappa shape index (κ3) is 5.16. The standard InChI is InChI=1S/C20H16ClN3O4/c1-26-16-5-3-15(4-6-16)24-20(25)14(12-23)9-13-10-17(21)19(28-8-7-22)18(11-13)27-2/h3-6,9-11H,8H2,1-2H3,(H,24,25)/b14-9-. The summed E-state index contributed by atoms with van der Waals surface area (Å²) in [5.41, 5.74) is 0.857. The number of benzene rings is 2. The van der Waals surface area contributed by atoms with E-state index in [0.29, 0.717) is 17.0 Å². The van der Waals surface area contributed by atoms with Crippen LogP contribution in [0.5, 0.6) is 17.2 Å². The van der Waals surface area contributed by atoms with Crippen LogP contribution in [0.3, 0.4) is 0 Å². The van der Waals surface area contributed by atoms with E-state index in [2.05, 4.69) is 5.32 Å². The van der Waals surface area contributed by atoms with Gasteiger partial charge in [-0.15, -0.1) is 0 Å². The van der Waals surface area contributed by atoms with E-state index in [1.807, 2.05) is 12.1 Å². The van der Waals surface area contributed by atoms with Crippen LogP contribution in [0.25, 0.3) is 6.08 Å². The molecule has 8 heteroatoms. The number of ether oxygens (including phenoxy) is 3. The molecule has 0 aliphatic heterocycles. The summed E-state index contributed by atoms with van der Waals surface area (Å²) in [4.78, 5) is 12.4. The van der Waals surface area contributed by atoms with Crippen molar-refractivity contribution >= 4 is 29.3 Å². The lowest BCUT2D eigenvalue weighted by Crippen LogP contribution is -2.13. The summed E-state index contributed by atoms with van der Waals surface area (Å²) >= 11 is 6.17. The van der Waals surface area contributed by atoms with Crippen molar-refractivity contribution in [1.29, 1.82) is 10.5 Å². The molecular formula is C20H16ClN3O4. The van der Waals surface area contributed by atoms with Crippen LogP contribution in [0.15, 0.2) is 42.0 Å². The highest BCUT2D eigenvalue weighted by Crippen LogP contribution is 2.37. The monoisotopic (exact) mass is 397 g/mol. The fourth-order valence-electron chi connectivity index (χ4n) is 2.26. The third-order valence-electron chi connectivity index (χ3n) is 3.56. The Labute approximate surface area is 167 Å². The summed E-state index contributed by atoms with van der Waals surface area (Å²) in [6, 6.07) is 13.5. The van der Waals surface area contributed by atoms with Gasteiger partial charge in [-0.25, -0.2) is 0 Å². The van der Waals surface area contributed by atoms with Gasteiger partial charge in [-0.05, 0) is 48.0 Å². The molecule has 0 unspecified atom stereocenters. The Hall–Kier alpha value is -3.68. The molecule has 0 aromatic heterocycles. The number of hydrogen-bond acceptors (Lipinski definition) is 6. The second-order valence-corrected chi connectivity index (χ2v) is 5.74. The molecule has 0 bridgehead atoms. The van der Waals surface area contributed by atoms with Crippen LogP contribution in [0.1, 0.15) is 5.56 Å². The van der Waals surface area contributed by atoms with E-state index in [-0.39, 0.29) is 28.7 Å². The van der Waals surface area contributed by atoms with Crippen LogP contribution in [0, 0.1) is 22.7 Å². The summed E-state index contributed by atoms with van der Waals surface area (Å²) in [6.07, 6.45) is 1.38. The first kappa shape index (κ1) is 20.6. The number of rotatable bonds is 7. The van der Waals surface area contributed by atoms with Crippen LogP contribution < -0.4 is 19.5 Å². The second kappa shape index (κ2) is 9.86. The molecule has 1 N–H and O–H groups in total. The molecule has 0 spiro atoms. The lowest BCUT2D eigenvalue weighted by atomic mass is 10.1. The van der Waals surface area contributed by atoms with E-state index in [9.17, 15) is 10.1 Å². The van der Waals surface area contributed by atoms with Crippen LogP contribution in [0.2, 0.25) is 5.02 Å².